The molecule has 0 aliphatic carbocycles. The maximum Gasteiger partial charge on any atom is 0.257 e. The fraction of sp³-hybridized carbons (Fsp3) is 0.333. The van der Waals surface area contributed by atoms with Gasteiger partial charge >= 0.3 is 0 Å². The van der Waals surface area contributed by atoms with Crippen molar-refractivity contribution >= 4 is 11.8 Å². The molecule has 0 aliphatic heterocycles. The highest BCUT2D eigenvalue weighted by Gasteiger charge is 2.23. The van der Waals surface area contributed by atoms with Gasteiger partial charge in [-0.1, -0.05) is 37.7 Å². The van der Waals surface area contributed by atoms with Crippen LogP contribution >= 0.6 is 11.8 Å². The normalized spacial score (nSPS) is 11.8. The number of benzene rings is 1. The average Bonchev–Trinajstić information content (AvgIpc) is 3.12. The molecule has 2 aromatic heterocycles. The summed E-state index contributed by atoms with van der Waals surface area (Å²) in [6.07, 6.45) is 0. The van der Waals surface area contributed by atoms with Crippen molar-refractivity contribution < 1.29 is 8.91 Å². The number of thioether (sulfide) groups is 1. The molecule has 0 aliphatic rings. The number of aromatic nitrogens is 5. The lowest BCUT2D eigenvalue weighted by Gasteiger charge is -2.16. The third-order valence-corrected chi connectivity index (χ3v) is 4.16. The first-order chi connectivity index (χ1) is 11.3. The van der Waals surface area contributed by atoms with Gasteiger partial charge in [-0.05, 0) is 24.3 Å². The molecular formula is C15H17FN6OS. The zero-order valence-corrected chi connectivity index (χ0v) is 14.3. The summed E-state index contributed by atoms with van der Waals surface area (Å²) in [7, 11) is 0. The second-order valence-corrected chi connectivity index (χ2v) is 7.18. The van der Waals surface area contributed by atoms with Crippen LogP contribution < -0.4 is 5.84 Å². The minimum Gasteiger partial charge on any atom is -0.336 e. The topological polar surface area (TPSA) is 95.6 Å². The van der Waals surface area contributed by atoms with Crippen molar-refractivity contribution in [2.75, 3.05) is 5.84 Å². The number of rotatable bonds is 4. The molecule has 0 amide bonds. The molecule has 0 bridgehead atoms. The van der Waals surface area contributed by atoms with Gasteiger partial charge in [0.25, 0.3) is 5.89 Å². The van der Waals surface area contributed by atoms with E-state index >= 15 is 0 Å². The Labute approximate surface area is 142 Å². The molecule has 0 unspecified atom stereocenters. The zero-order valence-electron chi connectivity index (χ0n) is 13.5. The number of nitrogens with zero attached hydrogens (tertiary/aromatic N) is 5. The predicted molar refractivity (Wildman–Crippen MR) is 88.1 cm³/mol. The van der Waals surface area contributed by atoms with Gasteiger partial charge in [0.05, 0.1) is 5.75 Å². The van der Waals surface area contributed by atoms with Gasteiger partial charge in [-0.25, -0.2) is 9.07 Å². The van der Waals surface area contributed by atoms with Crippen molar-refractivity contribution in [2.45, 2.75) is 37.1 Å². The van der Waals surface area contributed by atoms with Gasteiger partial charge in [0.2, 0.25) is 5.16 Å². The van der Waals surface area contributed by atoms with Gasteiger partial charge in [0.1, 0.15) is 5.82 Å². The molecule has 7 nitrogen and oxygen atoms in total. The molecule has 0 fully saturated rings. The van der Waals surface area contributed by atoms with Crippen molar-refractivity contribution in [3.63, 3.8) is 0 Å². The van der Waals surface area contributed by atoms with Crippen LogP contribution in [0, 0.1) is 5.82 Å². The second-order valence-electron chi connectivity index (χ2n) is 6.24. The van der Waals surface area contributed by atoms with Crippen molar-refractivity contribution in [1.29, 1.82) is 0 Å². The average molecular weight is 348 g/mol. The Hall–Kier alpha value is -2.42. The molecule has 9 heteroatoms. The van der Waals surface area contributed by atoms with Gasteiger partial charge in [-0.15, -0.1) is 10.2 Å². The summed E-state index contributed by atoms with van der Waals surface area (Å²) >= 11 is 1.37. The molecule has 24 heavy (non-hydrogen) atoms. The highest BCUT2D eigenvalue weighted by atomic mass is 32.2. The van der Waals surface area contributed by atoms with Crippen LogP contribution in [0.4, 0.5) is 4.39 Å². The maximum absolute atomic E-state index is 12.9. The maximum atomic E-state index is 12.9. The van der Waals surface area contributed by atoms with Gasteiger partial charge in [0.15, 0.2) is 11.6 Å². The lowest BCUT2D eigenvalue weighted by atomic mass is 9.96. The standard InChI is InChI=1S/C15H17FN6OS/c1-15(2,3)13-19-20-14(22(13)17)24-8-11-18-12(23-21-11)9-4-6-10(16)7-5-9/h4-7H,8,17H2,1-3H3. The Morgan fingerprint density at radius 3 is 2.54 bits per heavy atom. The first-order valence-corrected chi connectivity index (χ1v) is 8.25. The van der Waals surface area contributed by atoms with Gasteiger partial charge in [-0.2, -0.15) is 4.98 Å². The van der Waals surface area contributed by atoms with E-state index < -0.39 is 0 Å². The molecule has 0 saturated carbocycles. The third-order valence-electron chi connectivity index (χ3n) is 3.22. The first-order valence-electron chi connectivity index (χ1n) is 7.27. The monoisotopic (exact) mass is 348 g/mol. The van der Waals surface area contributed by atoms with Crippen LogP contribution in [0.1, 0.15) is 32.4 Å². The smallest absolute Gasteiger partial charge is 0.257 e. The molecule has 2 N–H and O–H groups in total. The van der Waals surface area contributed by atoms with Crippen LogP contribution in [0.5, 0.6) is 0 Å². The molecule has 3 rings (SSSR count). The lowest BCUT2D eigenvalue weighted by molar-refractivity contribution is 0.425. The van der Waals surface area contributed by atoms with Gasteiger partial charge in [0, 0.05) is 11.0 Å². The van der Waals surface area contributed by atoms with Crippen molar-refractivity contribution in [2.24, 2.45) is 0 Å². The lowest BCUT2D eigenvalue weighted by Crippen LogP contribution is -2.24. The number of nitrogen functional groups attached to an aromatic ring is 1. The van der Waals surface area contributed by atoms with E-state index in [2.05, 4.69) is 20.3 Å². The Kier molecular flexibility index (Phi) is 4.27. The first kappa shape index (κ1) is 16.4. The molecule has 2 heterocycles. The minimum absolute atomic E-state index is 0.192. The molecule has 126 valence electrons. The van der Waals surface area contributed by atoms with Crippen LogP contribution in [0.25, 0.3) is 11.5 Å². The number of halogens is 1. The molecular weight excluding hydrogens is 331 g/mol. The van der Waals surface area contributed by atoms with E-state index in [1.54, 1.807) is 12.1 Å². The molecule has 3 aromatic rings. The Morgan fingerprint density at radius 1 is 1.21 bits per heavy atom. The molecule has 0 saturated heterocycles. The minimum atomic E-state index is -0.314. The molecule has 0 radical (unpaired) electrons. The zero-order chi connectivity index (χ0) is 17.3. The second kappa shape index (κ2) is 6.23. The fourth-order valence-electron chi connectivity index (χ4n) is 2.04. The van der Waals surface area contributed by atoms with Gasteiger partial charge < -0.3 is 10.4 Å². The van der Waals surface area contributed by atoms with E-state index in [0.717, 1.165) is 0 Å². The van der Waals surface area contributed by atoms with E-state index in [0.29, 0.717) is 34.0 Å². The summed E-state index contributed by atoms with van der Waals surface area (Å²) in [6, 6.07) is 5.87. The van der Waals surface area contributed by atoms with Crippen LogP contribution in [0.3, 0.4) is 0 Å². The van der Waals surface area contributed by atoms with Gasteiger partial charge in [-0.3, -0.25) is 0 Å². The summed E-state index contributed by atoms with van der Waals surface area (Å²) in [5, 5.41) is 12.7. The summed E-state index contributed by atoms with van der Waals surface area (Å²) in [6.45, 7) is 6.05. The Morgan fingerprint density at radius 2 is 1.92 bits per heavy atom. The Balaban J connectivity index is 1.70. The van der Waals surface area contributed by atoms with Crippen LogP contribution in [-0.4, -0.2) is 25.0 Å². The summed E-state index contributed by atoms with van der Waals surface area (Å²) in [4.78, 5) is 4.29. The largest absolute Gasteiger partial charge is 0.336 e. The van der Waals surface area contributed by atoms with Crippen LogP contribution in [-0.2, 0) is 11.2 Å². The van der Waals surface area contributed by atoms with E-state index in [1.165, 1.54) is 28.6 Å². The van der Waals surface area contributed by atoms with E-state index in [-0.39, 0.29) is 11.2 Å². The number of hydrogen-bond acceptors (Lipinski definition) is 7. The SMILES string of the molecule is CC(C)(C)c1nnc(SCc2noc(-c3ccc(F)cc3)n2)n1N. The van der Waals surface area contributed by atoms with E-state index in [9.17, 15) is 4.39 Å². The molecule has 0 spiro atoms. The quantitative estimate of drug-likeness (QED) is 0.572. The highest BCUT2D eigenvalue weighted by molar-refractivity contribution is 7.98. The van der Waals surface area contributed by atoms with E-state index in [1.807, 2.05) is 20.8 Å². The van der Waals surface area contributed by atoms with Crippen LogP contribution in [0.2, 0.25) is 0 Å². The molecule has 1 aromatic carbocycles. The van der Waals surface area contributed by atoms with E-state index in [4.69, 9.17) is 10.4 Å². The Bertz CT molecular complexity index is 837. The number of hydrogen-bond donors (Lipinski definition) is 1. The summed E-state index contributed by atoms with van der Waals surface area (Å²) in [5.41, 5.74) is 0.472. The third kappa shape index (κ3) is 3.40. The number of nitrogens with two attached hydrogens (primary N) is 1. The van der Waals surface area contributed by atoms with Crippen molar-refractivity contribution in [1.82, 2.24) is 25.0 Å². The predicted octanol–water partition coefficient (Wildman–Crippen LogP) is 2.77. The highest BCUT2D eigenvalue weighted by Crippen LogP contribution is 2.25. The fourth-order valence-corrected chi connectivity index (χ4v) is 2.74. The van der Waals surface area contributed by atoms with Crippen LogP contribution in [0.15, 0.2) is 33.9 Å². The molecule has 0 atom stereocenters. The summed E-state index contributed by atoms with van der Waals surface area (Å²) in [5.74, 6) is 7.70. The van der Waals surface area contributed by atoms with Crippen molar-refractivity contribution in [3.8, 4) is 11.5 Å². The summed E-state index contributed by atoms with van der Waals surface area (Å²) < 4.78 is 19.6. The van der Waals surface area contributed by atoms with Crippen molar-refractivity contribution in [3.05, 3.63) is 41.7 Å².